The number of carbonyl (C=O) groups excluding carboxylic acids is 1. The Hall–Kier alpha value is -1.46. The highest BCUT2D eigenvalue weighted by molar-refractivity contribution is 7.22. The lowest BCUT2D eigenvalue weighted by Gasteiger charge is -1.98. The van der Waals surface area contributed by atoms with Crippen LogP contribution in [0.4, 0.5) is 5.13 Å². The number of benzene rings is 1. The number of hydrogen-bond acceptors (Lipinski definition) is 4. The monoisotopic (exact) mass is 235 g/mol. The average Bonchev–Trinajstić information content (AvgIpc) is 2.62. The number of fused-ring (bicyclic) bond motifs is 1. The van der Waals surface area contributed by atoms with E-state index < -0.39 is 0 Å². The second-order valence-electron chi connectivity index (χ2n) is 3.52. The van der Waals surface area contributed by atoms with Crippen molar-refractivity contribution in [1.82, 2.24) is 10.3 Å². The molecule has 1 heterocycles. The molecule has 2 aromatic rings. The van der Waals surface area contributed by atoms with Crippen LogP contribution in [0.15, 0.2) is 18.2 Å². The van der Waals surface area contributed by atoms with Gasteiger partial charge in [-0.05, 0) is 25.6 Å². The maximum Gasteiger partial charge on any atom is 0.240 e. The number of amides is 1. The number of aromatic nitrogens is 1. The molecule has 1 amide bonds. The lowest BCUT2D eigenvalue weighted by molar-refractivity contribution is -0.115. The van der Waals surface area contributed by atoms with Gasteiger partial charge in [-0.15, -0.1) is 0 Å². The van der Waals surface area contributed by atoms with Crippen molar-refractivity contribution >= 4 is 32.6 Å². The van der Waals surface area contributed by atoms with Gasteiger partial charge in [0.1, 0.15) is 0 Å². The number of nitrogens with zero attached hydrogens (tertiary/aromatic N) is 1. The summed E-state index contributed by atoms with van der Waals surface area (Å²) in [7, 11) is 1.74. The first-order chi connectivity index (χ1) is 7.70. The van der Waals surface area contributed by atoms with E-state index in [0.29, 0.717) is 11.7 Å². The molecule has 0 radical (unpaired) electrons. The van der Waals surface area contributed by atoms with Crippen molar-refractivity contribution in [2.75, 3.05) is 18.9 Å². The van der Waals surface area contributed by atoms with Crippen molar-refractivity contribution in [3.63, 3.8) is 0 Å². The second-order valence-corrected chi connectivity index (χ2v) is 4.55. The first kappa shape index (κ1) is 11.0. The van der Waals surface area contributed by atoms with Crippen LogP contribution >= 0.6 is 11.3 Å². The molecule has 0 bridgehead atoms. The van der Waals surface area contributed by atoms with Crippen LogP contribution in [-0.4, -0.2) is 24.5 Å². The molecule has 0 aliphatic rings. The van der Waals surface area contributed by atoms with Crippen LogP contribution in [0, 0.1) is 6.92 Å². The predicted octanol–water partition coefficient (Wildman–Crippen LogP) is 1.76. The second kappa shape index (κ2) is 4.59. The molecular formula is C11H13N3OS. The molecule has 0 atom stereocenters. The van der Waals surface area contributed by atoms with E-state index in [0.717, 1.165) is 15.8 Å². The topological polar surface area (TPSA) is 54.0 Å². The molecular weight excluding hydrogens is 222 g/mol. The van der Waals surface area contributed by atoms with E-state index in [-0.39, 0.29) is 5.91 Å². The Morgan fingerprint density at radius 1 is 1.50 bits per heavy atom. The number of anilines is 1. The zero-order chi connectivity index (χ0) is 11.5. The van der Waals surface area contributed by atoms with Crippen molar-refractivity contribution in [3.05, 3.63) is 23.8 Å². The van der Waals surface area contributed by atoms with Gasteiger partial charge < -0.3 is 10.6 Å². The van der Waals surface area contributed by atoms with E-state index in [9.17, 15) is 4.79 Å². The average molecular weight is 235 g/mol. The van der Waals surface area contributed by atoms with Crippen molar-refractivity contribution in [2.45, 2.75) is 6.92 Å². The van der Waals surface area contributed by atoms with Gasteiger partial charge in [-0.1, -0.05) is 23.5 Å². The first-order valence-electron chi connectivity index (χ1n) is 5.01. The highest BCUT2D eigenvalue weighted by atomic mass is 32.1. The fourth-order valence-electron chi connectivity index (χ4n) is 1.46. The number of aryl methyl sites for hydroxylation is 1. The van der Waals surface area contributed by atoms with Gasteiger partial charge in [0.05, 0.1) is 16.8 Å². The zero-order valence-corrected chi connectivity index (χ0v) is 10.0. The molecule has 0 spiro atoms. The molecule has 0 unspecified atom stereocenters. The van der Waals surface area contributed by atoms with Gasteiger partial charge in [0.15, 0.2) is 5.13 Å². The van der Waals surface area contributed by atoms with Crippen LogP contribution in [-0.2, 0) is 4.79 Å². The molecule has 0 saturated carbocycles. The Morgan fingerprint density at radius 2 is 2.31 bits per heavy atom. The molecule has 0 aliphatic carbocycles. The minimum absolute atomic E-state index is 0.0702. The fraction of sp³-hybridized carbons (Fsp3) is 0.273. The van der Waals surface area contributed by atoms with Gasteiger partial charge in [-0.2, -0.15) is 0 Å². The number of nitrogens with one attached hydrogen (secondary N) is 2. The van der Waals surface area contributed by atoms with E-state index in [4.69, 9.17) is 0 Å². The highest BCUT2D eigenvalue weighted by Gasteiger charge is 2.07. The molecule has 1 aromatic carbocycles. The Bertz CT molecular complexity index is 521. The Kier molecular flexibility index (Phi) is 3.17. The number of hydrogen-bond donors (Lipinski definition) is 2. The van der Waals surface area contributed by atoms with Crippen molar-refractivity contribution < 1.29 is 4.79 Å². The molecule has 1 aromatic heterocycles. The Balaban J connectivity index is 2.26. The number of carbonyl (C=O) groups is 1. The summed E-state index contributed by atoms with van der Waals surface area (Å²) in [6.45, 7) is 2.32. The normalized spacial score (nSPS) is 10.6. The van der Waals surface area contributed by atoms with E-state index in [1.165, 1.54) is 11.3 Å². The molecule has 2 N–H and O–H groups in total. The number of likely N-dealkylation sites (N-methyl/N-ethyl adjacent to an activating group) is 1. The van der Waals surface area contributed by atoms with Gasteiger partial charge in [0.25, 0.3) is 0 Å². The summed E-state index contributed by atoms with van der Waals surface area (Å²) in [6, 6.07) is 6.02. The summed E-state index contributed by atoms with van der Waals surface area (Å²) in [4.78, 5) is 15.8. The van der Waals surface area contributed by atoms with Gasteiger partial charge in [0.2, 0.25) is 5.91 Å². The van der Waals surface area contributed by atoms with Gasteiger partial charge in [-0.25, -0.2) is 4.98 Å². The minimum Gasteiger partial charge on any atom is -0.311 e. The lowest BCUT2D eigenvalue weighted by atomic mass is 10.2. The van der Waals surface area contributed by atoms with Crippen molar-refractivity contribution in [3.8, 4) is 0 Å². The van der Waals surface area contributed by atoms with Crippen LogP contribution in [0.25, 0.3) is 10.2 Å². The largest absolute Gasteiger partial charge is 0.311 e. The van der Waals surface area contributed by atoms with Crippen LogP contribution < -0.4 is 10.6 Å². The van der Waals surface area contributed by atoms with Crippen LogP contribution in [0.2, 0.25) is 0 Å². The highest BCUT2D eigenvalue weighted by Crippen LogP contribution is 2.27. The summed E-state index contributed by atoms with van der Waals surface area (Å²) in [5.41, 5.74) is 2.09. The standard InChI is InChI=1S/C11H13N3OS/c1-7-4-3-5-8-10(7)14-11(16-8)13-9(15)6-12-2/h3-5,12H,6H2,1-2H3,(H,13,14,15). The van der Waals surface area contributed by atoms with Crippen LogP contribution in [0.3, 0.4) is 0 Å². The van der Waals surface area contributed by atoms with Gasteiger partial charge in [0, 0.05) is 0 Å². The lowest BCUT2D eigenvalue weighted by Crippen LogP contribution is -2.24. The molecule has 0 fully saturated rings. The molecule has 4 nitrogen and oxygen atoms in total. The third kappa shape index (κ3) is 2.20. The van der Waals surface area contributed by atoms with Crippen molar-refractivity contribution in [1.29, 1.82) is 0 Å². The van der Waals surface area contributed by atoms with E-state index in [1.54, 1.807) is 7.05 Å². The molecule has 0 aliphatic heterocycles. The maximum atomic E-state index is 11.4. The smallest absolute Gasteiger partial charge is 0.240 e. The summed E-state index contributed by atoms with van der Waals surface area (Å²) in [5.74, 6) is -0.0702. The number of thiazole rings is 1. The van der Waals surface area contributed by atoms with E-state index in [2.05, 4.69) is 15.6 Å². The van der Waals surface area contributed by atoms with Gasteiger partial charge in [-0.3, -0.25) is 4.79 Å². The van der Waals surface area contributed by atoms with Crippen LogP contribution in [0.1, 0.15) is 5.56 Å². The maximum absolute atomic E-state index is 11.4. The summed E-state index contributed by atoms with van der Waals surface area (Å²) < 4.78 is 1.10. The van der Waals surface area contributed by atoms with E-state index in [1.807, 2.05) is 25.1 Å². The molecule has 2 rings (SSSR count). The zero-order valence-electron chi connectivity index (χ0n) is 9.20. The number of rotatable bonds is 3. The summed E-state index contributed by atoms with van der Waals surface area (Å²) >= 11 is 1.49. The third-order valence-electron chi connectivity index (χ3n) is 2.20. The van der Waals surface area contributed by atoms with Gasteiger partial charge >= 0.3 is 0 Å². The minimum atomic E-state index is -0.0702. The first-order valence-corrected chi connectivity index (χ1v) is 5.83. The Morgan fingerprint density at radius 3 is 3.00 bits per heavy atom. The third-order valence-corrected chi connectivity index (χ3v) is 3.14. The quantitative estimate of drug-likeness (QED) is 0.852. The molecule has 16 heavy (non-hydrogen) atoms. The molecule has 5 heteroatoms. The van der Waals surface area contributed by atoms with Crippen LogP contribution in [0.5, 0.6) is 0 Å². The number of para-hydroxylation sites is 1. The van der Waals surface area contributed by atoms with Crippen molar-refractivity contribution in [2.24, 2.45) is 0 Å². The van der Waals surface area contributed by atoms with E-state index >= 15 is 0 Å². The summed E-state index contributed by atoms with van der Waals surface area (Å²) in [6.07, 6.45) is 0. The fourth-order valence-corrected chi connectivity index (χ4v) is 2.42. The SMILES string of the molecule is CNCC(=O)Nc1nc2c(C)cccc2s1. The molecule has 84 valence electrons. The Labute approximate surface area is 97.7 Å². The predicted molar refractivity (Wildman–Crippen MR) is 66.9 cm³/mol. The molecule has 0 saturated heterocycles. The summed E-state index contributed by atoms with van der Waals surface area (Å²) in [5, 5.41) is 6.22.